The van der Waals surface area contributed by atoms with Gasteiger partial charge in [-0.2, -0.15) is 0 Å². The van der Waals surface area contributed by atoms with Gasteiger partial charge in [-0.05, 0) is 6.92 Å². The first-order valence-electron chi connectivity index (χ1n) is 15.9. The molecule has 0 radical (unpaired) electrons. The molecule has 0 saturated carbocycles. The fourth-order valence-electron chi connectivity index (χ4n) is 5.60. The number of methoxy groups -OCH3 is 3. The summed E-state index contributed by atoms with van der Waals surface area (Å²) in [7, 11) is 4.14. The van der Waals surface area contributed by atoms with Crippen LogP contribution < -0.4 is 18.9 Å². The second-order valence-corrected chi connectivity index (χ2v) is 11.5. The number of hydrogen-bond acceptors (Lipinski definition) is 19. The predicted molar refractivity (Wildman–Crippen MR) is 169 cm³/mol. The Labute approximate surface area is 299 Å². The van der Waals surface area contributed by atoms with Crippen LogP contribution in [0.3, 0.4) is 0 Å². The van der Waals surface area contributed by atoms with Crippen LogP contribution in [0.15, 0.2) is 12.1 Å². The first-order chi connectivity index (χ1) is 24.5. The van der Waals surface area contributed by atoms with Crippen LogP contribution in [-0.2, 0) is 71.4 Å². The quantitative estimate of drug-likeness (QED) is 0.193. The summed E-state index contributed by atoms with van der Waals surface area (Å²) in [6.07, 6.45) is -14.7. The number of carbonyl (C=O) groups is 6. The number of ether oxygens (including phenoxy) is 13. The minimum atomic E-state index is -1.67. The standard InChI is InChI=1S/C33H44O19/c1-14-25(45-16(3)35)28(47-18(5)37)30(49-20(7)39)32(44-14)52-31-29(48-19(6)38)27(46-17(4)36)24(13-43-15(2)34)51-33(31)50-21-11-22(40-8)26(42-10)23(12-21)41-9/h11-12,14,24-25,27-33H,13H2,1-10H3/t14-,24-,25-,27-,28+,29+,30+,31-,32+,33-/m1/s1. The van der Waals surface area contributed by atoms with Crippen LogP contribution in [0.2, 0.25) is 0 Å². The molecule has 0 N–H and O–H groups in total. The van der Waals surface area contributed by atoms with Crippen molar-refractivity contribution in [2.24, 2.45) is 0 Å². The molecule has 2 saturated heterocycles. The number of rotatable bonds is 14. The molecule has 1 aromatic carbocycles. The van der Waals surface area contributed by atoms with Crippen molar-refractivity contribution >= 4 is 35.8 Å². The van der Waals surface area contributed by atoms with Gasteiger partial charge in [0.15, 0.2) is 54.4 Å². The van der Waals surface area contributed by atoms with E-state index in [2.05, 4.69) is 0 Å². The minimum Gasteiger partial charge on any atom is -0.493 e. The van der Waals surface area contributed by atoms with Crippen molar-refractivity contribution in [2.75, 3.05) is 27.9 Å². The molecule has 0 spiro atoms. The zero-order valence-corrected chi connectivity index (χ0v) is 30.4. The first kappa shape index (κ1) is 41.5. The van der Waals surface area contributed by atoms with Crippen molar-refractivity contribution in [1.82, 2.24) is 0 Å². The molecule has 0 unspecified atom stereocenters. The van der Waals surface area contributed by atoms with Crippen LogP contribution in [0, 0.1) is 0 Å². The van der Waals surface area contributed by atoms with E-state index in [4.69, 9.17) is 61.6 Å². The van der Waals surface area contributed by atoms with Gasteiger partial charge >= 0.3 is 35.8 Å². The molecule has 0 amide bonds. The molecular weight excluding hydrogens is 700 g/mol. The Bertz CT molecular complexity index is 1440. The van der Waals surface area contributed by atoms with Crippen molar-refractivity contribution < 1.29 is 90.3 Å². The number of carbonyl (C=O) groups excluding carboxylic acids is 6. The second kappa shape index (κ2) is 18.6. The van der Waals surface area contributed by atoms with Gasteiger partial charge in [0.2, 0.25) is 12.0 Å². The number of hydrogen-bond donors (Lipinski definition) is 0. The monoisotopic (exact) mass is 744 g/mol. The summed E-state index contributed by atoms with van der Waals surface area (Å²) < 4.78 is 73.9. The van der Waals surface area contributed by atoms with Crippen LogP contribution in [0.4, 0.5) is 0 Å². The third kappa shape index (κ3) is 10.8. The molecule has 52 heavy (non-hydrogen) atoms. The van der Waals surface area contributed by atoms with Crippen LogP contribution >= 0.6 is 0 Å². The smallest absolute Gasteiger partial charge is 0.303 e. The average molecular weight is 745 g/mol. The Kier molecular flexibility index (Phi) is 14.8. The van der Waals surface area contributed by atoms with Crippen molar-refractivity contribution in [3.05, 3.63) is 12.1 Å². The van der Waals surface area contributed by atoms with Gasteiger partial charge in [-0.15, -0.1) is 0 Å². The molecule has 1 aromatic rings. The lowest BCUT2D eigenvalue weighted by Crippen LogP contribution is -2.67. The van der Waals surface area contributed by atoms with Crippen molar-refractivity contribution in [1.29, 1.82) is 0 Å². The Morgan fingerprint density at radius 2 is 1.02 bits per heavy atom. The van der Waals surface area contributed by atoms with Gasteiger partial charge < -0.3 is 61.6 Å². The molecule has 2 aliphatic rings. The lowest BCUT2D eigenvalue weighted by Gasteiger charge is -2.48. The first-order valence-corrected chi connectivity index (χ1v) is 15.9. The van der Waals surface area contributed by atoms with Crippen molar-refractivity contribution in [3.8, 4) is 23.0 Å². The van der Waals surface area contributed by atoms with E-state index in [1.165, 1.54) is 40.4 Å². The molecule has 290 valence electrons. The highest BCUT2D eigenvalue weighted by molar-refractivity contribution is 5.69. The van der Waals surface area contributed by atoms with Crippen LogP contribution in [0.25, 0.3) is 0 Å². The van der Waals surface area contributed by atoms with Gasteiger partial charge in [-0.25, -0.2) is 0 Å². The summed E-state index contributed by atoms with van der Waals surface area (Å²) in [5.41, 5.74) is 0. The molecule has 2 heterocycles. The van der Waals surface area contributed by atoms with Crippen LogP contribution in [0.5, 0.6) is 23.0 Å². The third-order valence-electron chi connectivity index (χ3n) is 7.46. The number of benzene rings is 1. The second-order valence-electron chi connectivity index (χ2n) is 11.5. The summed E-state index contributed by atoms with van der Waals surface area (Å²) in [5.74, 6) is -4.23. The fourth-order valence-corrected chi connectivity index (χ4v) is 5.60. The maximum Gasteiger partial charge on any atom is 0.303 e. The average Bonchev–Trinajstić information content (AvgIpc) is 3.04. The predicted octanol–water partition coefficient (Wildman–Crippen LogP) is 1.17. The lowest BCUT2D eigenvalue weighted by atomic mass is 9.96. The van der Waals surface area contributed by atoms with Gasteiger partial charge in [-0.1, -0.05) is 0 Å². The van der Waals surface area contributed by atoms with E-state index in [0.29, 0.717) is 0 Å². The molecule has 19 heteroatoms. The molecule has 3 rings (SSSR count). The summed E-state index contributed by atoms with van der Waals surface area (Å²) in [5, 5.41) is 0. The van der Waals surface area contributed by atoms with E-state index in [-0.39, 0.29) is 23.0 Å². The normalized spacial score (nSPS) is 28.3. The van der Waals surface area contributed by atoms with Gasteiger partial charge in [-0.3, -0.25) is 28.8 Å². The largest absolute Gasteiger partial charge is 0.493 e. The molecule has 2 aliphatic heterocycles. The Hall–Kier alpha value is -4.88. The van der Waals surface area contributed by atoms with Crippen LogP contribution in [0.1, 0.15) is 48.5 Å². The Morgan fingerprint density at radius 3 is 1.48 bits per heavy atom. The minimum absolute atomic E-state index is 0.0361. The van der Waals surface area contributed by atoms with E-state index in [1.54, 1.807) is 0 Å². The summed E-state index contributed by atoms with van der Waals surface area (Å²) in [6.45, 7) is 7.56. The van der Waals surface area contributed by atoms with E-state index in [9.17, 15) is 28.8 Å². The van der Waals surface area contributed by atoms with Crippen molar-refractivity contribution in [2.45, 2.75) is 110 Å². The Balaban J connectivity index is 2.22. The van der Waals surface area contributed by atoms with Crippen molar-refractivity contribution in [3.63, 3.8) is 0 Å². The number of esters is 6. The van der Waals surface area contributed by atoms with Gasteiger partial charge in [0.05, 0.1) is 27.4 Å². The topological polar surface area (TPSA) is 222 Å². The maximum atomic E-state index is 12.6. The van der Waals surface area contributed by atoms with Gasteiger partial charge in [0.1, 0.15) is 18.5 Å². The zero-order valence-electron chi connectivity index (χ0n) is 30.4. The van der Waals surface area contributed by atoms with E-state index < -0.39 is 104 Å². The maximum absolute atomic E-state index is 12.6. The highest BCUT2D eigenvalue weighted by Crippen LogP contribution is 2.42. The Morgan fingerprint density at radius 1 is 0.558 bits per heavy atom. The lowest BCUT2D eigenvalue weighted by molar-refractivity contribution is -0.356. The molecule has 10 atom stereocenters. The van der Waals surface area contributed by atoms with E-state index >= 15 is 0 Å². The molecule has 19 nitrogen and oxygen atoms in total. The highest BCUT2D eigenvalue weighted by atomic mass is 16.8. The van der Waals surface area contributed by atoms with Gasteiger partial charge in [0.25, 0.3) is 0 Å². The third-order valence-corrected chi connectivity index (χ3v) is 7.46. The highest BCUT2D eigenvalue weighted by Gasteiger charge is 2.57. The molecular formula is C33H44O19. The summed E-state index contributed by atoms with van der Waals surface area (Å²) in [6, 6.07) is 2.84. The van der Waals surface area contributed by atoms with E-state index in [0.717, 1.165) is 41.5 Å². The fraction of sp³-hybridized carbons (Fsp3) is 0.636. The SMILES string of the molecule is COc1cc(O[C@@H]2O[C@H](COC(C)=O)[C@@H](OC(C)=O)[C@H](OC(C)=O)[C@H]2O[C@@H]2O[C@H](C)[C@@H](OC(C)=O)[C@H](OC(C)=O)[C@@H]2OC(C)=O)cc(OC)c1OC. The van der Waals surface area contributed by atoms with E-state index in [1.807, 2.05) is 0 Å². The summed E-state index contributed by atoms with van der Waals surface area (Å²) in [4.78, 5) is 73.5. The molecule has 2 fully saturated rings. The molecule has 0 bridgehead atoms. The molecule has 0 aliphatic carbocycles. The van der Waals surface area contributed by atoms with Crippen LogP contribution in [-0.4, -0.2) is 125 Å². The summed E-state index contributed by atoms with van der Waals surface area (Å²) >= 11 is 0. The van der Waals surface area contributed by atoms with Gasteiger partial charge in [0, 0.05) is 53.7 Å². The zero-order chi connectivity index (χ0) is 38.9. The molecule has 0 aromatic heterocycles.